The highest BCUT2D eigenvalue weighted by Gasteiger charge is 2.14. The minimum atomic E-state index is 0.799. The van der Waals surface area contributed by atoms with Crippen molar-refractivity contribution < 1.29 is 0 Å². The lowest BCUT2D eigenvalue weighted by atomic mass is 10.1. The largest absolute Gasteiger partial charge is 0.366 e. The fourth-order valence-corrected chi connectivity index (χ4v) is 3.96. The Morgan fingerprint density at radius 2 is 1.39 bits per heavy atom. The van der Waals surface area contributed by atoms with Crippen LogP contribution < -0.4 is 15.5 Å². The van der Waals surface area contributed by atoms with Crippen LogP contribution in [0, 0.1) is 0 Å². The number of hydrogen-bond acceptors (Lipinski definition) is 4. The highest BCUT2D eigenvalue weighted by Crippen LogP contribution is 2.32. The minimum Gasteiger partial charge on any atom is -0.366 e. The molecular weight excluding hydrogens is 362 g/mol. The maximum atomic E-state index is 3.41. The van der Waals surface area contributed by atoms with Gasteiger partial charge in [0.05, 0.1) is 18.0 Å². The van der Waals surface area contributed by atoms with Crippen LogP contribution in [0.1, 0.15) is 23.6 Å². The summed E-state index contributed by atoms with van der Waals surface area (Å²) in [5.41, 5.74) is 7.65. The van der Waals surface area contributed by atoms with Gasteiger partial charge in [0.2, 0.25) is 0 Å². The van der Waals surface area contributed by atoms with Gasteiger partial charge in [0.1, 0.15) is 0 Å². The SMILES string of the molecule is CCc1ccc(CN(Cc2ccc(SC)cc2)c2ccc3c(c2)NCN3)cc1. The molecule has 28 heavy (non-hydrogen) atoms. The molecule has 0 spiro atoms. The zero-order chi connectivity index (χ0) is 19.3. The van der Waals surface area contributed by atoms with Crippen LogP contribution in [0.25, 0.3) is 0 Å². The Balaban J connectivity index is 1.61. The lowest BCUT2D eigenvalue weighted by Crippen LogP contribution is -2.22. The predicted octanol–water partition coefficient (Wildman–Crippen LogP) is 5.97. The highest BCUT2D eigenvalue weighted by atomic mass is 32.2. The first kappa shape index (κ1) is 18.8. The van der Waals surface area contributed by atoms with E-state index in [2.05, 4.69) is 95.4 Å². The minimum absolute atomic E-state index is 0.799. The summed E-state index contributed by atoms with van der Waals surface area (Å²) in [6.45, 7) is 4.77. The first-order valence-corrected chi connectivity index (χ1v) is 11.0. The summed E-state index contributed by atoms with van der Waals surface area (Å²) < 4.78 is 0. The number of hydrogen-bond donors (Lipinski definition) is 2. The summed E-state index contributed by atoms with van der Waals surface area (Å²) >= 11 is 1.78. The fraction of sp³-hybridized carbons (Fsp3) is 0.250. The Labute approximate surface area is 172 Å². The van der Waals surface area contributed by atoms with Crippen LogP contribution in [-0.2, 0) is 19.5 Å². The van der Waals surface area contributed by atoms with Crippen molar-refractivity contribution >= 4 is 28.8 Å². The second-order valence-corrected chi connectivity index (χ2v) is 8.01. The van der Waals surface area contributed by atoms with Crippen LogP contribution in [0.4, 0.5) is 17.1 Å². The van der Waals surface area contributed by atoms with Crippen LogP contribution in [-0.4, -0.2) is 12.9 Å². The molecule has 0 amide bonds. The third kappa shape index (κ3) is 4.28. The van der Waals surface area contributed by atoms with Crippen LogP contribution >= 0.6 is 11.8 Å². The summed E-state index contributed by atoms with van der Waals surface area (Å²) in [7, 11) is 0. The number of fused-ring (bicyclic) bond motifs is 1. The van der Waals surface area contributed by atoms with Gasteiger partial charge in [-0.25, -0.2) is 0 Å². The molecule has 0 bridgehead atoms. The van der Waals surface area contributed by atoms with Gasteiger partial charge in [0.25, 0.3) is 0 Å². The van der Waals surface area contributed by atoms with E-state index in [0.717, 1.165) is 26.2 Å². The summed E-state index contributed by atoms with van der Waals surface area (Å²) in [6, 6.07) is 24.6. The van der Waals surface area contributed by atoms with Crippen LogP contribution in [0.2, 0.25) is 0 Å². The van der Waals surface area contributed by atoms with Gasteiger partial charge in [-0.1, -0.05) is 43.3 Å². The monoisotopic (exact) mass is 389 g/mol. The van der Waals surface area contributed by atoms with E-state index in [1.54, 1.807) is 11.8 Å². The van der Waals surface area contributed by atoms with E-state index in [1.807, 2.05) is 0 Å². The van der Waals surface area contributed by atoms with Crippen molar-refractivity contribution in [3.05, 3.63) is 83.4 Å². The van der Waals surface area contributed by atoms with Gasteiger partial charge in [-0.05, 0) is 59.7 Å². The van der Waals surface area contributed by atoms with E-state index in [-0.39, 0.29) is 0 Å². The zero-order valence-corrected chi connectivity index (χ0v) is 17.4. The molecule has 3 aromatic rings. The molecule has 3 nitrogen and oxygen atoms in total. The van der Waals surface area contributed by atoms with E-state index in [9.17, 15) is 0 Å². The number of nitrogens with one attached hydrogen (secondary N) is 2. The number of aryl methyl sites for hydroxylation is 1. The van der Waals surface area contributed by atoms with E-state index in [0.29, 0.717) is 0 Å². The summed E-state index contributed by atoms with van der Waals surface area (Å²) in [5.74, 6) is 0. The maximum Gasteiger partial charge on any atom is 0.0850 e. The third-order valence-electron chi connectivity index (χ3n) is 5.26. The molecule has 144 valence electrons. The van der Waals surface area contributed by atoms with Gasteiger partial charge >= 0.3 is 0 Å². The number of benzene rings is 3. The molecule has 0 saturated heterocycles. The third-order valence-corrected chi connectivity index (χ3v) is 6.01. The molecule has 0 atom stereocenters. The molecule has 0 aliphatic carbocycles. The fourth-order valence-electron chi connectivity index (χ4n) is 3.55. The highest BCUT2D eigenvalue weighted by molar-refractivity contribution is 7.98. The summed E-state index contributed by atoms with van der Waals surface area (Å²) in [6.07, 6.45) is 3.20. The first-order valence-electron chi connectivity index (χ1n) is 9.82. The van der Waals surface area contributed by atoms with Gasteiger partial charge in [-0.3, -0.25) is 0 Å². The van der Waals surface area contributed by atoms with Crippen molar-refractivity contribution in [2.45, 2.75) is 31.3 Å². The Hall–Kier alpha value is -2.59. The molecule has 3 aromatic carbocycles. The predicted molar refractivity (Wildman–Crippen MR) is 122 cm³/mol. The first-order chi connectivity index (χ1) is 13.7. The summed E-state index contributed by atoms with van der Waals surface area (Å²) in [5, 5.41) is 6.77. The van der Waals surface area contributed by atoms with E-state index >= 15 is 0 Å². The lowest BCUT2D eigenvalue weighted by molar-refractivity contribution is 0.799. The number of rotatable bonds is 7. The van der Waals surface area contributed by atoms with E-state index in [4.69, 9.17) is 0 Å². The van der Waals surface area contributed by atoms with Crippen LogP contribution in [0.3, 0.4) is 0 Å². The average Bonchev–Trinajstić information content (AvgIpc) is 3.22. The average molecular weight is 390 g/mol. The standard InChI is InChI=1S/C24H27N3S/c1-3-18-4-6-19(7-5-18)15-27(16-20-8-11-22(28-2)12-9-20)21-10-13-23-24(14-21)26-17-25-23/h4-14,25-26H,3,15-17H2,1-2H3. The van der Waals surface area contributed by atoms with Gasteiger partial charge in [0.15, 0.2) is 0 Å². The maximum absolute atomic E-state index is 3.41. The van der Waals surface area contributed by atoms with Crippen molar-refractivity contribution in [3.63, 3.8) is 0 Å². The molecule has 0 aromatic heterocycles. The molecule has 2 N–H and O–H groups in total. The molecule has 0 fully saturated rings. The van der Waals surface area contributed by atoms with Gasteiger partial charge in [0, 0.05) is 23.7 Å². The zero-order valence-electron chi connectivity index (χ0n) is 16.5. The Bertz CT molecular complexity index is 870. The number of thioether (sulfide) groups is 1. The molecular formula is C24H27N3S. The van der Waals surface area contributed by atoms with E-state index in [1.165, 1.54) is 38.6 Å². The molecule has 0 saturated carbocycles. The Morgan fingerprint density at radius 1 is 0.786 bits per heavy atom. The van der Waals surface area contributed by atoms with Gasteiger partial charge in [-0.2, -0.15) is 0 Å². The van der Waals surface area contributed by atoms with Crippen molar-refractivity contribution in [2.75, 3.05) is 28.5 Å². The van der Waals surface area contributed by atoms with Crippen LogP contribution in [0.5, 0.6) is 0 Å². The number of anilines is 3. The number of nitrogens with zero attached hydrogens (tertiary/aromatic N) is 1. The quantitative estimate of drug-likeness (QED) is 0.487. The molecule has 0 radical (unpaired) electrons. The Morgan fingerprint density at radius 3 is 2.04 bits per heavy atom. The van der Waals surface area contributed by atoms with Crippen molar-refractivity contribution in [2.24, 2.45) is 0 Å². The summed E-state index contributed by atoms with van der Waals surface area (Å²) in [4.78, 5) is 3.76. The topological polar surface area (TPSA) is 27.3 Å². The van der Waals surface area contributed by atoms with Crippen LogP contribution in [0.15, 0.2) is 71.6 Å². The Kier molecular flexibility index (Phi) is 5.77. The van der Waals surface area contributed by atoms with Crippen molar-refractivity contribution in [3.8, 4) is 0 Å². The van der Waals surface area contributed by atoms with E-state index < -0.39 is 0 Å². The van der Waals surface area contributed by atoms with Gasteiger partial charge < -0.3 is 15.5 Å². The smallest absolute Gasteiger partial charge is 0.0850 e. The lowest BCUT2D eigenvalue weighted by Gasteiger charge is -2.26. The molecule has 1 aliphatic rings. The second-order valence-electron chi connectivity index (χ2n) is 7.13. The van der Waals surface area contributed by atoms with Gasteiger partial charge in [-0.15, -0.1) is 11.8 Å². The molecule has 4 heteroatoms. The van der Waals surface area contributed by atoms with Crippen molar-refractivity contribution in [1.29, 1.82) is 0 Å². The second kappa shape index (κ2) is 8.61. The molecule has 1 aliphatic heterocycles. The normalized spacial score (nSPS) is 12.2. The molecule has 0 unspecified atom stereocenters. The molecule has 4 rings (SSSR count). The molecule has 1 heterocycles. The van der Waals surface area contributed by atoms with Crippen molar-refractivity contribution in [1.82, 2.24) is 0 Å².